The van der Waals surface area contributed by atoms with Gasteiger partial charge < -0.3 is 31.9 Å². The Balaban J connectivity index is 0. The lowest BCUT2D eigenvalue weighted by Gasteiger charge is -2.02. The first kappa shape index (κ1) is 15.9. The van der Waals surface area contributed by atoms with Crippen molar-refractivity contribution in [3.8, 4) is 0 Å². The predicted octanol–water partition coefficient (Wildman–Crippen LogP) is -1.00. The molecule has 0 aromatic rings. The topological polar surface area (TPSA) is 167 Å². The summed E-state index contributed by atoms with van der Waals surface area (Å²) in [6.07, 6.45) is -0.667. The van der Waals surface area contributed by atoms with E-state index in [9.17, 15) is 0 Å². The van der Waals surface area contributed by atoms with Gasteiger partial charge in [-0.2, -0.15) is 0 Å². The zero-order chi connectivity index (χ0) is 12.5. The van der Waals surface area contributed by atoms with E-state index in [4.69, 9.17) is 30.0 Å². The fraction of sp³-hybridized carbons (Fsp3) is 0.714. The molecule has 0 aromatic carbocycles. The second kappa shape index (κ2) is 7.83. The van der Waals surface area contributed by atoms with Gasteiger partial charge in [-0.25, -0.2) is 9.59 Å². The van der Waals surface area contributed by atoms with Crippen LogP contribution < -0.4 is 11.5 Å². The minimum atomic E-state index is -1.33. The average Bonchev–Trinajstić information content (AvgIpc) is 2.82. The highest BCUT2D eigenvalue weighted by Gasteiger charge is 2.41. The number of amides is 2. The zero-order valence-corrected chi connectivity index (χ0v) is 8.09. The zero-order valence-electron chi connectivity index (χ0n) is 8.09. The summed E-state index contributed by atoms with van der Waals surface area (Å²) >= 11 is 0. The Labute approximate surface area is 86.1 Å². The Kier molecular flexibility index (Phi) is 8.30. The second-order valence-corrected chi connectivity index (χ2v) is 2.99. The van der Waals surface area contributed by atoms with Crippen molar-refractivity contribution in [2.24, 2.45) is 16.9 Å². The van der Waals surface area contributed by atoms with Crippen LogP contribution in [0.4, 0.5) is 9.59 Å². The fourth-order valence-corrected chi connectivity index (χ4v) is 0.543. The van der Waals surface area contributed by atoms with Crippen molar-refractivity contribution in [1.29, 1.82) is 0 Å². The van der Waals surface area contributed by atoms with Crippen LogP contribution in [0.1, 0.15) is 12.8 Å². The van der Waals surface area contributed by atoms with Crippen LogP contribution in [0.15, 0.2) is 0 Å². The molecule has 0 saturated heterocycles. The molecule has 0 aliphatic heterocycles. The fourth-order valence-electron chi connectivity index (χ4n) is 0.543. The quantitative estimate of drug-likeness (QED) is 0.351. The van der Waals surface area contributed by atoms with Gasteiger partial charge in [-0.05, 0) is 12.8 Å². The number of aliphatic hydroxyl groups is 2. The first-order valence-corrected chi connectivity index (χ1v) is 3.98. The maximum Gasteiger partial charge on any atom is 0.402 e. The molecule has 0 heterocycles. The molecule has 1 saturated carbocycles. The van der Waals surface area contributed by atoms with Crippen molar-refractivity contribution >= 4 is 12.2 Å². The van der Waals surface area contributed by atoms with E-state index in [2.05, 4.69) is 11.5 Å². The molecule has 90 valence electrons. The first-order chi connectivity index (χ1) is 6.79. The van der Waals surface area contributed by atoms with E-state index >= 15 is 0 Å². The summed E-state index contributed by atoms with van der Waals surface area (Å²) in [4.78, 5) is 17.6. The van der Waals surface area contributed by atoms with Gasteiger partial charge in [0.05, 0.1) is 13.2 Å². The van der Waals surface area contributed by atoms with Crippen molar-refractivity contribution < 1.29 is 30.0 Å². The van der Waals surface area contributed by atoms with E-state index in [-0.39, 0.29) is 18.6 Å². The molecule has 0 unspecified atom stereocenters. The summed E-state index contributed by atoms with van der Waals surface area (Å²) in [7, 11) is 0. The van der Waals surface area contributed by atoms with Gasteiger partial charge in [0.15, 0.2) is 0 Å². The Morgan fingerprint density at radius 2 is 1.20 bits per heavy atom. The van der Waals surface area contributed by atoms with Crippen LogP contribution in [-0.4, -0.2) is 45.8 Å². The molecule has 0 spiro atoms. The molecule has 1 aliphatic carbocycles. The standard InChI is InChI=1S/C5H10O2.2CH3NO2/c6-3-5(4-7)1-2-5;2*2-1(3)4/h6-7H,1-4H2;2*2H2,(H,3,4). The van der Waals surface area contributed by atoms with Gasteiger partial charge in [0.2, 0.25) is 0 Å². The second-order valence-electron chi connectivity index (χ2n) is 2.99. The third kappa shape index (κ3) is 15.2. The van der Waals surface area contributed by atoms with Gasteiger partial charge in [-0.15, -0.1) is 0 Å². The van der Waals surface area contributed by atoms with E-state index in [1.54, 1.807) is 0 Å². The van der Waals surface area contributed by atoms with E-state index in [0.717, 1.165) is 12.8 Å². The Morgan fingerprint density at radius 1 is 1.00 bits per heavy atom. The number of hydrogen-bond donors (Lipinski definition) is 6. The van der Waals surface area contributed by atoms with Crippen LogP contribution in [0.25, 0.3) is 0 Å². The van der Waals surface area contributed by atoms with Crippen molar-refractivity contribution in [3.63, 3.8) is 0 Å². The largest absolute Gasteiger partial charge is 0.465 e. The molecule has 8 heteroatoms. The monoisotopic (exact) mass is 224 g/mol. The van der Waals surface area contributed by atoms with Crippen LogP contribution in [-0.2, 0) is 0 Å². The van der Waals surface area contributed by atoms with E-state index in [1.165, 1.54) is 0 Å². The molecular weight excluding hydrogens is 208 g/mol. The molecule has 2 amide bonds. The molecule has 8 nitrogen and oxygen atoms in total. The number of rotatable bonds is 2. The summed E-state index contributed by atoms with van der Waals surface area (Å²) in [5.41, 5.74) is 8.00. The molecule has 0 radical (unpaired) electrons. The average molecular weight is 224 g/mol. The first-order valence-electron chi connectivity index (χ1n) is 3.98. The third-order valence-corrected chi connectivity index (χ3v) is 1.63. The third-order valence-electron chi connectivity index (χ3n) is 1.63. The highest BCUT2D eigenvalue weighted by Crippen LogP contribution is 2.44. The summed E-state index contributed by atoms with van der Waals surface area (Å²) < 4.78 is 0. The van der Waals surface area contributed by atoms with Gasteiger partial charge in [-0.1, -0.05) is 0 Å². The molecule has 0 bridgehead atoms. The maximum absolute atomic E-state index is 8.78. The molecule has 0 aromatic heterocycles. The van der Waals surface area contributed by atoms with Crippen LogP contribution in [0, 0.1) is 5.41 Å². The molecule has 15 heavy (non-hydrogen) atoms. The van der Waals surface area contributed by atoms with Gasteiger partial charge >= 0.3 is 12.2 Å². The van der Waals surface area contributed by atoms with Crippen molar-refractivity contribution in [2.75, 3.05) is 13.2 Å². The number of nitrogens with two attached hydrogens (primary N) is 2. The number of carboxylic acid groups (broad SMARTS) is 2. The summed E-state index contributed by atoms with van der Waals surface area (Å²) in [5, 5.41) is 31.4. The molecule has 8 N–H and O–H groups in total. The summed E-state index contributed by atoms with van der Waals surface area (Å²) in [5.74, 6) is 0. The van der Waals surface area contributed by atoms with E-state index in [1.807, 2.05) is 0 Å². The van der Waals surface area contributed by atoms with Gasteiger partial charge in [-0.3, -0.25) is 0 Å². The van der Waals surface area contributed by atoms with Crippen molar-refractivity contribution in [2.45, 2.75) is 12.8 Å². The molecule has 1 fully saturated rings. The van der Waals surface area contributed by atoms with Gasteiger partial charge in [0, 0.05) is 5.41 Å². The molecule has 1 aliphatic rings. The van der Waals surface area contributed by atoms with Gasteiger partial charge in [0.1, 0.15) is 0 Å². The number of aliphatic hydroxyl groups excluding tert-OH is 2. The Morgan fingerprint density at radius 3 is 1.20 bits per heavy atom. The number of hydrogen-bond acceptors (Lipinski definition) is 4. The van der Waals surface area contributed by atoms with Crippen molar-refractivity contribution in [1.82, 2.24) is 0 Å². The lowest BCUT2D eigenvalue weighted by molar-refractivity contribution is 0.134. The molecular formula is C7H16N2O6. The minimum Gasteiger partial charge on any atom is -0.465 e. The van der Waals surface area contributed by atoms with Crippen LogP contribution in [0.3, 0.4) is 0 Å². The lowest BCUT2D eigenvalue weighted by atomic mass is 10.1. The van der Waals surface area contributed by atoms with Crippen LogP contribution in [0.5, 0.6) is 0 Å². The van der Waals surface area contributed by atoms with E-state index in [0.29, 0.717) is 0 Å². The Hall–Kier alpha value is -1.54. The smallest absolute Gasteiger partial charge is 0.402 e. The normalized spacial score (nSPS) is 14.8. The lowest BCUT2D eigenvalue weighted by Crippen LogP contribution is -2.10. The predicted molar refractivity (Wildman–Crippen MR) is 50.3 cm³/mol. The minimum absolute atomic E-state index is 0.0556. The Bertz CT molecular complexity index is 178. The highest BCUT2D eigenvalue weighted by molar-refractivity contribution is 5.61. The van der Waals surface area contributed by atoms with Crippen LogP contribution in [0.2, 0.25) is 0 Å². The van der Waals surface area contributed by atoms with Gasteiger partial charge in [0.25, 0.3) is 0 Å². The molecule has 1 rings (SSSR count). The SMILES string of the molecule is NC(=O)O.NC(=O)O.OCC1(CO)CC1. The highest BCUT2D eigenvalue weighted by atomic mass is 16.4. The van der Waals surface area contributed by atoms with Crippen molar-refractivity contribution in [3.05, 3.63) is 0 Å². The maximum atomic E-state index is 8.78. The number of carbonyl (C=O) groups is 2. The van der Waals surface area contributed by atoms with Crippen LogP contribution >= 0.6 is 0 Å². The number of primary amides is 2. The summed E-state index contributed by atoms with van der Waals surface area (Å²) in [6.45, 7) is 0.312. The summed E-state index contributed by atoms with van der Waals surface area (Å²) in [6, 6.07) is 0. The van der Waals surface area contributed by atoms with E-state index < -0.39 is 12.2 Å². The molecule has 0 atom stereocenters.